The van der Waals surface area contributed by atoms with Gasteiger partial charge in [0.2, 0.25) is 0 Å². The molecule has 0 bridgehead atoms. The number of benzene rings is 1. The van der Waals surface area contributed by atoms with E-state index in [-0.39, 0.29) is 0 Å². The van der Waals surface area contributed by atoms with E-state index >= 15 is 0 Å². The lowest BCUT2D eigenvalue weighted by Crippen LogP contribution is -2.44. The van der Waals surface area contributed by atoms with Gasteiger partial charge in [0.15, 0.2) is 16.6 Å². The molecular weight excluding hydrogens is 288 g/mol. The van der Waals surface area contributed by atoms with Gasteiger partial charge >= 0.3 is 0 Å². The Morgan fingerprint density at radius 1 is 0.857 bits per heavy atom. The molecule has 0 N–H and O–H groups in total. The van der Waals surface area contributed by atoms with Gasteiger partial charge in [-0.3, -0.25) is 0 Å². The van der Waals surface area contributed by atoms with Gasteiger partial charge < -0.3 is 4.12 Å². The molecule has 0 saturated carbocycles. The van der Waals surface area contributed by atoms with Crippen LogP contribution in [-0.4, -0.2) is 16.6 Å². The fourth-order valence-corrected chi connectivity index (χ4v) is 12.0. The highest BCUT2D eigenvalue weighted by atomic mass is 28.4. The average Bonchev–Trinajstić information content (AvgIpc) is 2.37. The summed E-state index contributed by atoms with van der Waals surface area (Å²) in [4.78, 5) is 0. The summed E-state index contributed by atoms with van der Waals surface area (Å²) >= 11 is 0. The molecule has 0 aliphatic heterocycles. The van der Waals surface area contributed by atoms with E-state index in [4.69, 9.17) is 4.12 Å². The fraction of sp³-hybridized carbons (Fsp3) is 0.667. The zero-order valence-electron chi connectivity index (χ0n) is 15.0. The lowest BCUT2D eigenvalue weighted by atomic mass is 10.1. The SMILES string of the molecule is CCCC[Si](C)(C)O[Si](C)(C)CCCc1ccc(C)cc1. The summed E-state index contributed by atoms with van der Waals surface area (Å²) in [5.41, 5.74) is 2.81. The summed E-state index contributed by atoms with van der Waals surface area (Å²) in [6.07, 6.45) is 5.07. The average molecular weight is 323 g/mol. The standard InChI is InChI=1S/C18H34OSi2/c1-7-8-15-20(3,4)19-21(5,6)16-9-10-18-13-11-17(2)12-14-18/h11-14H,7-10,15-16H2,1-6H3. The van der Waals surface area contributed by atoms with Crippen molar-refractivity contribution in [2.24, 2.45) is 0 Å². The third-order valence-electron chi connectivity index (χ3n) is 4.05. The Kier molecular flexibility index (Phi) is 7.38. The molecule has 0 heterocycles. The Labute approximate surface area is 134 Å². The van der Waals surface area contributed by atoms with Crippen LogP contribution in [0.4, 0.5) is 0 Å². The maximum absolute atomic E-state index is 6.66. The predicted molar refractivity (Wildman–Crippen MR) is 100 cm³/mol. The third kappa shape index (κ3) is 7.98. The monoisotopic (exact) mass is 322 g/mol. The van der Waals surface area contributed by atoms with Crippen LogP contribution in [0.5, 0.6) is 0 Å². The van der Waals surface area contributed by atoms with Crippen molar-refractivity contribution in [3.63, 3.8) is 0 Å². The molecule has 0 aromatic heterocycles. The summed E-state index contributed by atoms with van der Waals surface area (Å²) in [6, 6.07) is 11.6. The van der Waals surface area contributed by atoms with E-state index in [1.54, 1.807) is 0 Å². The second-order valence-corrected chi connectivity index (χ2v) is 16.4. The van der Waals surface area contributed by atoms with Crippen molar-refractivity contribution < 1.29 is 4.12 Å². The lowest BCUT2D eigenvalue weighted by Gasteiger charge is -2.34. The van der Waals surface area contributed by atoms with Crippen molar-refractivity contribution >= 4 is 16.6 Å². The van der Waals surface area contributed by atoms with Crippen LogP contribution >= 0.6 is 0 Å². The van der Waals surface area contributed by atoms with E-state index in [1.165, 1.54) is 48.9 Å². The first-order valence-electron chi connectivity index (χ1n) is 8.50. The Bertz CT molecular complexity index is 410. The summed E-state index contributed by atoms with van der Waals surface area (Å²) < 4.78 is 6.66. The molecule has 0 atom stereocenters. The highest BCUT2D eigenvalue weighted by Crippen LogP contribution is 2.25. The number of hydrogen-bond donors (Lipinski definition) is 0. The minimum absolute atomic E-state index is 1.19. The van der Waals surface area contributed by atoms with Crippen LogP contribution in [-0.2, 0) is 10.5 Å². The van der Waals surface area contributed by atoms with E-state index in [0.29, 0.717) is 0 Å². The summed E-state index contributed by atoms with van der Waals surface area (Å²) in [7, 11) is -2.93. The molecule has 0 fully saturated rings. The van der Waals surface area contributed by atoms with Crippen LogP contribution in [0.25, 0.3) is 0 Å². The zero-order chi connectivity index (χ0) is 15.9. The molecule has 0 spiro atoms. The van der Waals surface area contributed by atoms with Gasteiger partial charge in [-0.25, -0.2) is 0 Å². The molecule has 0 aliphatic rings. The zero-order valence-corrected chi connectivity index (χ0v) is 17.0. The molecule has 1 aromatic carbocycles. The number of rotatable bonds is 9. The fourth-order valence-electron chi connectivity index (χ4n) is 2.93. The van der Waals surface area contributed by atoms with E-state index in [2.05, 4.69) is 64.3 Å². The largest absolute Gasteiger partial charge is 0.455 e. The normalized spacial score (nSPS) is 12.7. The van der Waals surface area contributed by atoms with Crippen LogP contribution < -0.4 is 0 Å². The molecule has 0 radical (unpaired) electrons. The summed E-state index contributed by atoms with van der Waals surface area (Å²) in [5.74, 6) is 0. The molecule has 0 unspecified atom stereocenters. The predicted octanol–water partition coefficient (Wildman–Crippen LogP) is 6.15. The van der Waals surface area contributed by atoms with Gasteiger partial charge in [0, 0.05) is 0 Å². The van der Waals surface area contributed by atoms with E-state index < -0.39 is 16.6 Å². The number of hydrogen-bond acceptors (Lipinski definition) is 1. The van der Waals surface area contributed by atoms with Gasteiger partial charge in [-0.2, -0.15) is 0 Å². The minimum Gasteiger partial charge on any atom is -0.455 e. The number of unbranched alkanes of at least 4 members (excludes halogenated alkanes) is 1. The van der Waals surface area contributed by atoms with Crippen molar-refractivity contribution in [2.45, 2.75) is 77.8 Å². The molecular formula is C18H34OSi2. The molecule has 1 aromatic rings. The minimum atomic E-state index is -1.49. The molecule has 3 heteroatoms. The molecule has 0 saturated heterocycles. The Morgan fingerprint density at radius 2 is 1.38 bits per heavy atom. The van der Waals surface area contributed by atoms with Crippen LogP contribution in [0.2, 0.25) is 38.3 Å². The van der Waals surface area contributed by atoms with E-state index in [9.17, 15) is 0 Å². The van der Waals surface area contributed by atoms with Crippen molar-refractivity contribution in [3.05, 3.63) is 35.4 Å². The Balaban J connectivity index is 2.39. The molecule has 1 nitrogen and oxygen atoms in total. The second kappa shape index (κ2) is 8.30. The topological polar surface area (TPSA) is 9.23 Å². The Hall–Kier alpha value is -0.386. The van der Waals surface area contributed by atoms with Gasteiger partial charge in [0.05, 0.1) is 0 Å². The molecule has 0 aliphatic carbocycles. The van der Waals surface area contributed by atoms with Gasteiger partial charge in [0.25, 0.3) is 0 Å². The maximum atomic E-state index is 6.66. The first-order chi connectivity index (χ1) is 9.74. The van der Waals surface area contributed by atoms with Crippen LogP contribution in [0.15, 0.2) is 24.3 Å². The van der Waals surface area contributed by atoms with Crippen LogP contribution in [0.1, 0.15) is 37.3 Å². The van der Waals surface area contributed by atoms with Gasteiger partial charge in [-0.05, 0) is 63.6 Å². The summed E-state index contributed by atoms with van der Waals surface area (Å²) in [5, 5.41) is 0. The molecule has 120 valence electrons. The maximum Gasteiger partial charge on any atom is 0.173 e. The van der Waals surface area contributed by atoms with Crippen LogP contribution in [0.3, 0.4) is 0 Å². The highest BCUT2D eigenvalue weighted by Gasteiger charge is 2.31. The Morgan fingerprint density at radius 3 is 1.90 bits per heavy atom. The highest BCUT2D eigenvalue weighted by molar-refractivity contribution is 6.84. The van der Waals surface area contributed by atoms with Crippen molar-refractivity contribution in [2.75, 3.05) is 0 Å². The lowest BCUT2D eigenvalue weighted by molar-refractivity contribution is 0.529. The first-order valence-corrected chi connectivity index (χ1v) is 14.7. The van der Waals surface area contributed by atoms with Gasteiger partial charge in [0.1, 0.15) is 0 Å². The third-order valence-corrected chi connectivity index (χ3v) is 11.6. The van der Waals surface area contributed by atoms with Crippen molar-refractivity contribution in [1.29, 1.82) is 0 Å². The van der Waals surface area contributed by atoms with Gasteiger partial charge in [-0.15, -0.1) is 0 Å². The van der Waals surface area contributed by atoms with Crippen LogP contribution in [0, 0.1) is 6.92 Å². The molecule has 0 amide bonds. The smallest absolute Gasteiger partial charge is 0.173 e. The van der Waals surface area contributed by atoms with Crippen molar-refractivity contribution in [1.82, 2.24) is 0 Å². The number of aryl methyl sites for hydroxylation is 2. The van der Waals surface area contributed by atoms with E-state index in [1.807, 2.05) is 0 Å². The van der Waals surface area contributed by atoms with E-state index in [0.717, 1.165) is 0 Å². The molecule has 21 heavy (non-hydrogen) atoms. The van der Waals surface area contributed by atoms with Gasteiger partial charge in [-0.1, -0.05) is 49.6 Å². The summed E-state index contributed by atoms with van der Waals surface area (Å²) in [6.45, 7) is 14.0. The molecule has 1 rings (SSSR count). The second-order valence-electron chi connectivity index (χ2n) is 7.56. The first kappa shape index (κ1) is 18.7. The van der Waals surface area contributed by atoms with Crippen molar-refractivity contribution in [3.8, 4) is 0 Å². The quantitative estimate of drug-likeness (QED) is 0.495.